The Balaban J connectivity index is 1.10. The molecule has 0 unspecified atom stereocenters. The summed E-state index contributed by atoms with van der Waals surface area (Å²) >= 11 is 0. The van der Waals surface area contributed by atoms with E-state index >= 15 is 0 Å². The lowest BCUT2D eigenvalue weighted by atomic mass is 9.79. The number of nitrogens with two attached hydrogens (primary N) is 2. The van der Waals surface area contributed by atoms with Gasteiger partial charge in [-0.2, -0.15) is 0 Å². The molecule has 338 valence electrons. The van der Waals surface area contributed by atoms with E-state index in [0.717, 1.165) is 103 Å². The zero-order valence-corrected chi connectivity index (χ0v) is 38.4. The largest absolute Gasteiger partial charge is 0.508 e. The molecule has 2 heterocycles. The number of nitrogens with one attached hydrogen (secondary N) is 1. The Bertz CT molecular complexity index is 2390. The van der Waals surface area contributed by atoms with Crippen LogP contribution in [-0.4, -0.2) is 50.3 Å². The van der Waals surface area contributed by atoms with Crippen LogP contribution in [0.5, 0.6) is 17.2 Å². The SMILES string of the molecule is NC(N)c1cc2c3cc1CSSC[C@H]1CC[C@@](CCCC[C@H](O)C4CCCC4)(/C=C/C(=O)CCc4ccc(O)c(c4)OCCc4ccc(O)c(c4)[C@@H]3CC(=O)c3cc[nH]c3CC#C2)C1. The van der Waals surface area contributed by atoms with Crippen molar-refractivity contribution in [1.82, 2.24) is 4.98 Å². The van der Waals surface area contributed by atoms with E-state index in [1.807, 2.05) is 53.3 Å². The van der Waals surface area contributed by atoms with Crippen molar-refractivity contribution >= 4 is 33.2 Å². The number of H-pyrrole nitrogens is 1. The summed E-state index contributed by atoms with van der Waals surface area (Å²) in [6, 6.07) is 16.6. The highest BCUT2D eigenvalue weighted by Crippen LogP contribution is 2.49. The van der Waals surface area contributed by atoms with Crippen LogP contribution in [0.2, 0.25) is 0 Å². The zero-order valence-electron chi connectivity index (χ0n) is 36.8. The Morgan fingerprint density at radius 2 is 1.72 bits per heavy atom. The van der Waals surface area contributed by atoms with E-state index in [1.165, 1.54) is 12.8 Å². The van der Waals surface area contributed by atoms with Gasteiger partial charge in [-0.1, -0.05) is 89.5 Å². The number of Topliss-reactive ketones (excluding diaryl/α,β-unsaturated/α-hetero) is 1. The van der Waals surface area contributed by atoms with Gasteiger partial charge in [0, 0.05) is 65.3 Å². The molecule has 4 aromatic rings. The summed E-state index contributed by atoms with van der Waals surface area (Å²) in [5.41, 5.74) is 20.0. The summed E-state index contributed by atoms with van der Waals surface area (Å²) in [5, 5.41) is 33.2. The average Bonchev–Trinajstić information content (AvgIpc) is 4.09. The minimum atomic E-state index is -0.740. The Morgan fingerprint density at radius 1 is 0.906 bits per heavy atom. The lowest BCUT2D eigenvalue weighted by Crippen LogP contribution is -2.22. The molecule has 3 aromatic carbocycles. The molecule has 2 saturated carbocycles. The normalized spacial score (nSPS) is 23.2. The van der Waals surface area contributed by atoms with E-state index in [4.69, 9.17) is 16.2 Å². The summed E-state index contributed by atoms with van der Waals surface area (Å²) in [6.07, 6.45) is 18.5. The number of aryl methyl sites for hydroxylation is 1. The third-order valence-electron chi connectivity index (χ3n) is 14.2. The first-order valence-electron chi connectivity index (χ1n) is 23.3. The molecule has 2 fully saturated rings. The van der Waals surface area contributed by atoms with Gasteiger partial charge in [0.05, 0.1) is 25.3 Å². The first kappa shape index (κ1) is 46.1. The van der Waals surface area contributed by atoms with Gasteiger partial charge in [0.25, 0.3) is 0 Å². The van der Waals surface area contributed by atoms with Crippen molar-refractivity contribution < 1.29 is 29.6 Å². The van der Waals surface area contributed by atoms with Crippen LogP contribution < -0.4 is 16.2 Å². The van der Waals surface area contributed by atoms with Gasteiger partial charge in [0.1, 0.15) is 5.75 Å². The second-order valence-corrected chi connectivity index (χ2v) is 21.2. The first-order valence-corrected chi connectivity index (χ1v) is 25.8. The van der Waals surface area contributed by atoms with Crippen molar-refractivity contribution in [3.63, 3.8) is 0 Å². The molecule has 4 aliphatic rings. The number of rotatable bonds is 7. The number of carbonyl (C=O) groups excluding carboxylic acids is 2. The van der Waals surface area contributed by atoms with E-state index < -0.39 is 12.1 Å². The second-order valence-electron chi connectivity index (χ2n) is 18.7. The van der Waals surface area contributed by atoms with Gasteiger partial charge in [0.2, 0.25) is 0 Å². The maximum Gasteiger partial charge on any atom is 0.165 e. The lowest BCUT2D eigenvalue weighted by Gasteiger charge is -2.27. The Morgan fingerprint density at radius 3 is 2.55 bits per heavy atom. The number of fused-ring (bicyclic) bond motifs is 9. The number of hydrogen-bond acceptors (Lipinski definition) is 10. The quantitative estimate of drug-likeness (QED) is 0.0454. The number of aromatic nitrogens is 1. The number of aromatic hydroxyl groups is 2. The van der Waals surface area contributed by atoms with E-state index in [1.54, 1.807) is 29.1 Å². The van der Waals surface area contributed by atoms with Crippen LogP contribution in [0.15, 0.2) is 72.9 Å². The van der Waals surface area contributed by atoms with Gasteiger partial charge >= 0.3 is 0 Å². The van der Waals surface area contributed by atoms with Crippen molar-refractivity contribution in [2.45, 2.75) is 127 Å². The summed E-state index contributed by atoms with van der Waals surface area (Å²) in [6.45, 7) is 0.251. The summed E-state index contributed by atoms with van der Waals surface area (Å²) in [4.78, 5) is 30.8. The molecule has 1 aromatic heterocycles. The molecule has 9 nitrogen and oxygen atoms in total. The van der Waals surface area contributed by atoms with Crippen LogP contribution in [0.4, 0.5) is 0 Å². The van der Waals surface area contributed by atoms with Crippen molar-refractivity contribution in [3.8, 4) is 29.1 Å². The fourth-order valence-corrected chi connectivity index (χ4v) is 13.1. The number of unbranched alkanes of at least 4 members (excludes halogenated alkanes) is 1. The van der Waals surface area contributed by atoms with Crippen LogP contribution in [0.3, 0.4) is 0 Å². The van der Waals surface area contributed by atoms with E-state index in [9.17, 15) is 24.9 Å². The van der Waals surface area contributed by atoms with Crippen molar-refractivity contribution in [2.75, 3.05) is 12.4 Å². The van der Waals surface area contributed by atoms with Gasteiger partial charge in [0.15, 0.2) is 23.1 Å². The van der Waals surface area contributed by atoms with E-state index in [0.29, 0.717) is 60.1 Å². The maximum absolute atomic E-state index is 14.2. The highest BCUT2D eigenvalue weighted by atomic mass is 33.1. The molecule has 0 saturated heterocycles. The number of benzene rings is 3. The first-order chi connectivity index (χ1) is 31.0. The number of ether oxygens (including phenoxy) is 1. The number of aliphatic hydroxyl groups is 1. The Labute approximate surface area is 386 Å². The highest BCUT2D eigenvalue weighted by Gasteiger charge is 2.37. The predicted octanol–water partition coefficient (Wildman–Crippen LogP) is 10.1. The van der Waals surface area contributed by atoms with Crippen LogP contribution >= 0.6 is 21.6 Å². The fourth-order valence-electron chi connectivity index (χ4n) is 10.5. The fraction of sp³-hybridized carbons (Fsp3) is 0.472. The summed E-state index contributed by atoms with van der Waals surface area (Å²) in [5.74, 6) is 9.22. The monoisotopic (exact) mass is 901 g/mol. The molecule has 8 rings (SSSR count). The molecule has 0 radical (unpaired) electrons. The third-order valence-corrected chi connectivity index (χ3v) is 16.7. The van der Waals surface area contributed by atoms with Gasteiger partial charge in [-0.15, -0.1) is 0 Å². The molecule has 3 aliphatic carbocycles. The minimum absolute atomic E-state index is 0.0257. The average molecular weight is 902 g/mol. The standard InChI is InChI=1S/C53H63N3O6S2/c54-52(55)43-28-38-8-5-9-46-41(19-24-56-46)50(61)30-44-42(38)29-39(43)33-64-63-32-36-17-22-53(31-36,21-4-3-10-47(58)37-6-1-2-7-37)23-18-40(57)14-11-34-13-16-49(60)51(27-34)62-25-20-35-12-15-48(59)45(44)26-35/h12-13,15-16,18-19,23-24,26-29,36-37,44,47,52,56,58-60H,1-4,6-7,9-11,14,17,20-22,25,30-33,54-55H2/b23-18+/t36-,44+,47-,53-/m0/s1. The Hall–Kier alpha value is -4.44. The molecule has 0 amide bonds. The number of aromatic amines is 1. The second kappa shape index (κ2) is 21.2. The van der Waals surface area contributed by atoms with Crippen LogP contribution in [-0.2, 0) is 29.8 Å². The zero-order chi connectivity index (χ0) is 44.6. The molecule has 4 atom stereocenters. The molecule has 64 heavy (non-hydrogen) atoms. The number of phenols is 2. The van der Waals surface area contributed by atoms with Crippen LogP contribution in [0.25, 0.3) is 0 Å². The molecule has 11 heteroatoms. The minimum Gasteiger partial charge on any atom is -0.508 e. The Kier molecular flexibility index (Phi) is 15.3. The number of aliphatic hydroxyl groups excluding tert-OH is 1. The van der Waals surface area contributed by atoms with Gasteiger partial charge in [-0.3, -0.25) is 9.59 Å². The van der Waals surface area contributed by atoms with Gasteiger partial charge in [-0.05, 0) is 133 Å². The molecular weight excluding hydrogens is 839 g/mol. The number of carbonyl (C=O) groups is 2. The summed E-state index contributed by atoms with van der Waals surface area (Å²) in [7, 11) is 3.63. The topological polar surface area (TPSA) is 172 Å². The maximum atomic E-state index is 14.2. The predicted molar refractivity (Wildman–Crippen MR) is 258 cm³/mol. The molecule has 8 N–H and O–H groups in total. The number of allylic oxidation sites excluding steroid dienone is 2. The number of hydrogen-bond donors (Lipinski definition) is 6. The number of ketones is 2. The van der Waals surface area contributed by atoms with Crippen molar-refractivity contribution in [3.05, 3.63) is 123 Å². The molecular formula is C53H63N3O6S2. The van der Waals surface area contributed by atoms with Crippen molar-refractivity contribution in [2.24, 2.45) is 28.7 Å². The van der Waals surface area contributed by atoms with Gasteiger partial charge in [-0.25, -0.2) is 0 Å². The number of phenolic OH excluding ortho intramolecular Hbond substituents is 2. The molecule has 0 spiro atoms. The van der Waals surface area contributed by atoms with Crippen LogP contribution in [0, 0.1) is 29.1 Å². The van der Waals surface area contributed by atoms with Gasteiger partial charge < -0.3 is 36.5 Å². The molecule has 8 bridgehead atoms. The van der Waals surface area contributed by atoms with E-state index in [2.05, 4.69) is 29.0 Å². The van der Waals surface area contributed by atoms with E-state index in [-0.39, 0.29) is 47.6 Å². The van der Waals surface area contributed by atoms with Crippen LogP contribution in [0.1, 0.15) is 151 Å². The smallest absolute Gasteiger partial charge is 0.165 e. The summed E-state index contributed by atoms with van der Waals surface area (Å²) < 4.78 is 6.16. The highest BCUT2D eigenvalue weighted by molar-refractivity contribution is 8.76. The lowest BCUT2D eigenvalue weighted by molar-refractivity contribution is -0.114. The molecule has 1 aliphatic heterocycles. The van der Waals surface area contributed by atoms with Crippen molar-refractivity contribution in [1.29, 1.82) is 0 Å². The third kappa shape index (κ3) is 11.3.